The Bertz CT molecular complexity index is 1160. The van der Waals surface area contributed by atoms with Crippen LogP contribution in [0.4, 0.5) is 5.13 Å². The first kappa shape index (κ1) is 19.4. The van der Waals surface area contributed by atoms with E-state index in [0.717, 1.165) is 24.9 Å². The predicted octanol–water partition coefficient (Wildman–Crippen LogP) is 6.71. The molecule has 3 nitrogen and oxygen atoms in total. The van der Waals surface area contributed by atoms with E-state index >= 15 is 0 Å². The van der Waals surface area contributed by atoms with Crippen LogP contribution in [0.15, 0.2) is 66.7 Å². The van der Waals surface area contributed by atoms with Gasteiger partial charge in [-0.15, -0.1) is 0 Å². The number of hydrogen-bond donors (Lipinski definition) is 0. The van der Waals surface area contributed by atoms with Gasteiger partial charge in [0.2, 0.25) is 0 Å². The summed E-state index contributed by atoms with van der Waals surface area (Å²) >= 11 is 9.91. The highest BCUT2D eigenvalue weighted by molar-refractivity contribution is 14.1. The standard InChI is InChI=1S/C22H16ClIN2OS/c1-14-11-16(23)12-19-20(14)25-22(28-19)26(13-15-7-3-2-4-8-15)21(27)17-9-5-6-10-18(17)24/h2-12H,13H2,1H3. The van der Waals surface area contributed by atoms with Crippen LogP contribution in [0.3, 0.4) is 0 Å². The Hall–Kier alpha value is -1.96. The van der Waals surface area contributed by atoms with Crippen molar-refractivity contribution in [2.75, 3.05) is 4.90 Å². The molecule has 0 fully saturated rings. The predicted molar refractivity (Wildman–Crippen MR) is 125 cm³/mol. The van der Waals surface area contributed by atoms with Crippen LogP contribution >= 0.6 is 45.5 Å². The van der Waals surface area contributed by atoms with Crippen molar-refractivity contribution < 1.29 is 4.79 Å². The summed E-state index contributed by atoms with van der Waals surface area (Å²) in [7, 11) is 0. The zero-order valence-electron chi connectivity index (χ0n) is 15.0. The first-order valence-corrected chi connectivity index (χ1v) is 11.0. The Morgan fingerprint density at radius 2 is 1.82 bits per heavy atom. The number of carbonyl (C=O) groups is 1. The number of aryl methyl sites for hydroxylation is 1. The minimum atomic E-state index is -0.0586. The molecule has 0 atom stereocenters. The molecule has 3 aromatic carbocycles. The average molecular weight is 519 g/mol. The minimum absolute atomic E-state index is 0.0586. The summed E-state index contributed by atoms with van der Waals surface area (Å²) in [6.45, 7) is 2.44. The minimum Gasteiger partial charge on any atom is -0.279 e. The Morgan fingerprint density at radius 3 is 2.57 bits per heavy atom. The lowest BCUT2D eigenvalue weighted by Crippen LogP contribution is -2.30. The van der Waals surface area contributed by atoms with E-state index in [-0.39, 0.29) is 5.91 Å². The van der Waals surface area contributed by atoms with E-state index in [9.17, 15) is 4.79 Å². The second kappa shape index (κ2) is 8.19. The molecule has 28 heavy (non-hydrogen) atoms. The van der Waals surface area contributed by atoms with E-state index in [0.29, 0.717) is 22.3 Å². The van der Waals surface area contributed by atoms with Crippen molar-refractivity contribution in [2.45, 2.75) is 13.5 Å². The number of rotatable bonds is 4. The van der Waals surface area contributed by atoms with Crippen molar-refractivity contribution in [2.24, 2.45) is 0 Å². The third-order valence-electron chi connectivity index (χ3n) is 4.40. The van der Waals surface area contributed by atoms with E-state index in [2.05, 4.69) is 22.6 Å². The molecule has 0 saturated heterocycles. The summed E-state index contributed by atoms with van der Waals surface area (Å²) in [6, 6.07) is 21.4. The molecule has 0 N–H and O–H groups in total. The number of halogens is 2. The van der Waals surface area contributed by atoms with Gasteiger partial charge in [0.1, 0.15) is 0 Å². The SMILES string of the molecule is Cc1cc(Cl)cc2sc(N(Cc3ccccc3)C(=O)c3ccccc3I)nc12. The molecule has 0 spiro atoms. The Balaban J connectivity index is 1.82. The average Bonchev–Trinajstić information content (AvgIpc) is 3.11. The lowest BCUT2D eigenvalue weighted by atomic mass is 10.1. The van der Waals surface area contributed by atoms with Crippen LogP contribution in [-0.2, 0) is 6.54 Å². The van der Waals surface area contributed by atoms with Crippen LogP contribution in [-0.4, -0.2) is 10.9 Å². The molecule has 0 unspecified atom stereocenters. The molecular weight excluding hydrogens is 503 g/mol. The molecule has 0 radical (unpaired) electrons. The lowest BCUT2D eigenvalue weighted by molar-refractivity contribution is 0.0984. The molecule has 1 amide bonds. The van der Waals surface area contributed by atoms with Gasteiger partial charge in [-0.05, 0) is 64.9 Å². The number of thiazole rings is 1. The highest BCUT2D eigenvalue weighted by Crippen LogP contribution is 2.34. The maximum absolute atomic E-state index is 13.5. The van der Waals surface area contributed by atoms with Gasteiger partial charge < -0.3 is 0 Å². The summed E-state index contributed by atoms with van der Waals surface area (Å²) in [5.41, 5.74) is 3.62. The fraction of sp³-hybridized carbons (Fsp3) is 0.0909. The van der Waals surface area contributed by atoms with Gasteiger partial charge >= 0.3 is 0 Å². The van der Waals surface area contributed by atoms with Crippen LogP contribution in [0, 0.1) is 10.5 Å². The second-order valence-electron chi connectivity index (χ2n) is 6.42. The topological polar surface area (TPSA) is 33.2 Å². The first-order valence-electron chi connectivity index (χ1n) is 8.70. The van der Waals surface area contributed by atoms with Crippen molar-refractivity contribution in [1.82, 2.24) is 4.98 Å². The molecule has 0 bridgehead atoms. The Morgan fingerprint density at radius 1 is 1.11 bits per heavy atom. The molecule has 0 aliphatic heterocycles. The van der Waals surface area contributed by atoms with Crippen LogP contribution < -0.4 is 4.90 Å². The van der Waals surface area contributed by atoms with Crippen LogP contribution in [0.2, 0.25) is 5.02 Å². The molecule has 4 aromatic rings. The third kappa shape index (κ3) is 3.92. The van der Waals surface area contributed by atoms with Crippen LogP contribution in [0.5, 0.6) is 0 Å². The van der Waals surface area contributed by atoms with Gasteiger partial charge in [0.15, 0.2) is 5.13 Å². The first-order chi connectivity index (χ1) is 13.5. The number of aromatic nitrogens is 1. The molecule has 0 aliphatic rings. The fourth-order valence-electron chi connectivity index (χ4n) is 3.03. The van der Waals surface area contributed by atoms with Crippen molar-refractivity contribution >= 4 is 66.8 Å². The van der Waals surface area contributed by atoms with E-state index in [1.54, 1.807) is 4.90 Å². The van der Waals surface area contributed by atoms with Crippen molar-refractivity contribution in [1.29, 1.82) is 0 Å². The highest BCUT2D eigenvalue weighted by atomic mass is 127. The van der Waals surface area contributed by atoms with E-state index in [4.69, 9.17) is 16.6 Å². The largest absolute Gasteiger partial charge is 0.279 e. The lowest BCUT2D eigenvalue weighted by Gasteiger charge is -2.20. The fourth-order valence-corrected chi connectivity index (χ4v) is 5.07. The van der Waals surface area contributed by atoms with Gasteiger partial charge in [-0.25, -0.2) is 4.98 Å². The number of nitrogens with zero attached hydrogens (tertiary/aromatic N) is 2. The molecule has 1 aromatic heterocycles. The van der Waals surface area contributed by atoms with Gasteiger partial charge in [0.05, 0.1) is 22.3 Å². The monoisotopic (exact) mass is 518 g/mol. The Labute approximate surface area is 186 Å². The highest BCUT2D eigenvalue weighted by Gasteiger charge is 2.23. The van der Waals surface area contributed by atoms with Gasteiger partial charge in [-0.2, -0.15) is 0 Å². The van der Waals surface area contributed by atoms with Crippen molar-refractivity contribution in [3.8, 4) is 0 Å². The maximum Gasteiger partial charge on any atom is 0.261 e. The number of hydrogen-bond acceptors (Lipinski definition) is 3. The molecular formula is C22H16ClIN2OS. The van der Waals surface area contributed by atoms with Crippen molar-refractivity contribution in [3.05, 3.63) is 92.0 Å². The summed E-state index contributed by atoms with van der Waals surface area (Å²) < 4.78 is 1.90. The molecule has 6 heteroatoms. The molecule has 0 aliphatic carbocycles. The zero-order valence-corrected chi connectivity index (χ0v) is 18.8. The quantitative estimate of drug-likeness (QED) is 0.281. The summed E-state index contributed by atoms with van der Waals surface area (Å²) in [5.74, 6) is -0.0586. The summed E-state index contributed by atoms with van der Waals surface area (Å²) in [6.07, 6.45) is 0. The zero-order chi connectivity index (χ0) is 19.7. The van der Waals surface area contributed by atoms with Gasteiger partial charge in [0.25, 0.3) is 5.91 Å². The Kier molecular flexibility index (Phi) is 5.66. The number of carbonyl (C=O) groups excluding carboxylic acids is 1. The van der Waals surface area contributed by atoms with Gasteiger partial charge in [-0.1, -0.05) is 65.4 Å². The number of anilines is 1. The van der Waals surface area contributed by atoms with Gasteiger partial charge in [-0.3, -0.25) is 9.69 Å². The van der Waals surface area contributed by atoms with Crippen LogP contribution in [0.1, 0.15) is 21.5 Å². The van der Waals surface area contributed by atoms with E-state index in [1.807, 2.05) is 73.7 Å². The van der Waals surface area contributed by atoms with E-state index in [1.165, 1.54) is 11.3 Å². The number of benzene rings is 3. The number of amides is 1. The summed E-state index contributed by atoms with van der Waals surface area (Å²) in [4.78, 5) is 20.0. The third-order valence-corrected chi connectivity index (χ3v) is 6.59. The van der Waals surface area contributed by atoms with Crippen LogP contribution in [0.25, 0.3) is 10.2 Å². The molecule has 0 saturated carbocycles. The molecule has 140 valence electrons. The smallest absolute Gasteiger partial charge is 0.261 e. The van der Waals surface area contributed by atoms with Crippen molar-refractivity contribution in [3.63, 3.8) is 0 Å². The van der Waals surface area contributed by atoms with E-state index < -0.39 is 0 Å². The molecule has 4 rings (SSSR count). The normalized spacial score (nSPS) is 11.0. The van der Waals surface area contributed by atoms with Gasteiger partial charge in [0, 0.05) is 8.59 Å². The number of fused-ring (bicyclic) bond motifs is 1. The summed E-state index contributed by atoms with van der Waals surface area (Å²) in [5, 5.41) is 1.35. The second-order valence-corrected chi connectivity index (χ2v) is 9.03. The maximum atomic E-state index is 13.5. The molecule has 1 heterocycles.